The van der Waals surface area contributed by atoms with Crippen LogP contribution in [0.4, 0.5) is 0 Å². The molecule has 2 aliphatic rings. The summed E-state index contributed by atoms with van der Waals surface area (Å²) in [5.74, 6) is 0.899. The maximum absolute atomic E-state index is 5.87. The van der Waals surface area contributed by atoms with E-state index in [-0.39, 0.29) is 12.2 Å². The summed E-state index contributed by atoms with van der Waals surface area (Å²) in [6.07, 6.45) is 4.36. The Morgan fingerprint density at radius 1 is 1.48 bits per heavy atom. The predicted octanol–water partition coefficient (Wildman–Crippen LogP) is 0.365. The van der Waals surface area contributed by atoms with E-state index in [1.54, 1.807) is 6.20 Å². The van der Waals surface area contributed by atoms with Crippen molar-refractivity contribution in [1.29, 1.82) is 0 Å². The third kappa shape index (κ3) is 3.54. The normalized spacial score (nSPS) is 27.1. The lowest BCUT2D eigenvalue weighted by Gasteiger charge is -2.37. The second-order valence-corrected chi connectivity index (χ2v) is 5.39. The quantitative estimate of drug-likeness (QED) is 0.622. The van der Waals surface area contributed by atoms with Gasteiger partial charge in [-0.05, 0) is 18.9 Å². The van der Waals surface area contributed by atoms with Gasteiger partial charge in [0.25, 0.3) is 0 Å². The monoisotopic (exact) mass is 293 g/mol. The van der Waals surface area contributed by atoms with Gasteiger partial charge in [-0.3, -0.25) is 10.1 Å². The number of aromatic amines is 1. The molecule has 2 aliphatic heterocycles. The Morgan fingerprint density at radius 3 is 3.10 bits per heavy atom. The molecule has 2 saturated heterocycles. The van der Waals surface area contributed by atoms with Gasteiger partial charge in [0.2, 0.25) is 0 Å². The molecule has 2 N–H and O–H groups in total. The van der Waals surface area contributed by atoms with Crippen molar-refractivity contribution in [2.24, 2.45) is 4.99 Å². The predicted molar refractivity (Wildman–Crippen MR) is 79.1 cm³/mol. The van der Waals surface area contributed by atoms with E-state index in [0.29, 0.717) is 6.54 Å². The van der Waals surface area contributed by atoms with Crippen LogP contribution in [0.15, 0.2) is 17.3 Å². The molecule has 0 saturated carbocycles. The molecule has 0 amide bonds. The first kappa shape index (κ1) is 14.3. The number of aromatic nitrogens is 2. The van der Waals surface area contributed by atoms with Crippen LogP contribution in [0.5, 0.6) is 0 Å². The Balaban J connectivity index is 1.55. The van der Waals surface area contributed by atoms with Crippen LogP contribution in [-0.4, -0.2) is 66.6 Å². The van der Waals surface area contributed by atoms with Crippen molar-refractivity contribution in [3.05, 3.63) is 18.0 Å². The van der Waals surface area contributed by atoms with Crippen LogP contribution in [0.3, 0.4) is 0 Å². The fraction of sp³-hybridized carbons (Fsp3) is 0.714. The lowest BCUT2D eigenvalue weighted by molar-refractivity contribution is -0.0817. The lowest BCUT2D eigenvalue weighted by atomic mass is 10.1. The maximum Gasteiger partial charge on any atom is 0.194 e. The summed E-state index contributed by atoms with van der Waals surface area (Å²) in [7, 11) is 1.81. The van der Waals surface area contributed by atoms with Crippen LogP contribution in [0.2, 0.25) is 0 Å². The highest BCUT2D eigenvalue weighted by atomic mass is 16.5. The summed E-state index contributed by atoms with van der Waals surface area (Å²) >= 11 is 0. The van der Waals surface area contributed by atoms with Gasteiger partial charge in [0.15, 0.2) is 5.96 Å². The zero-order valence-electron chi connectivity index (χ0n) is 12.4. The molecule has 3 rings (SSSR count). The van der Waals surface area contributed by atoms with Gasteiger partial charge < -0.3 is 19.7 Å². The molecule has 2 unspecified atom stereocenters. The van der Waals surface area contributed by atoms with Crippen LogP contribution in [0.25, 0.3) is 0 Å². The van der Waals surface area contributed by atoms with E-state index in [9.17, 15) is 0 Å². The van der Waals surface area contributed by atoms with Crippen molar-refractivity contribution in [2.45, 2.75) is 31.6 Å². The topological polar surface area (TPSA) is 74.8 Å². The molecule has 7 nitrogen and oxygen atoms in total. The molecular weight excluding hydrogens is 270 g/mol. The molecule has 0 bridgehead atoms. The smallest absolute Gasteiger partial charge is 0.194 e. The van der Waals surface area contributed by atoms with Crippen molar-refractivity contribution >= 4 is 5.96 Å². The van der Waals surface area contributed by atoms with E-state index in [4.69, 9.17) is 9.47 Å². The minimum absolute atomic E-state index is 0.145. The van der Waals surface area contributed by atoms with Gasteiger partial charge in [0.05, 0.1) is 24.9 Å². The summed E-state index contributed by atoms with van der Waals surface area (Å²) in [6, 6.07) is 1.95. The van der Waals surface area contributed by atoms with Gasteiger partial charge in [-0.1, -0.05) is 0 Å². The maximum atomic E-state index is 5.87. The standard InChI is InChI=1S/C14H23N5O2/c1-15-14(16-9-11-4-5-17-18-11)19-6-8-21-13(10-19)12-3-2-7-20-12/h4-5,12-13H,2-3,6-10H2,1H3,(H,15,16)(H,17,18). The first-order valence-corrected chi connectivity index (χ1v) is 7.54. The highest BCUT2D eigenvalue weighted by Crippen LogP contribution is 2.21. The minimum Gasteiger partial charge on any atom is -0.375 e. The van der Waals surface area contributed by atoms with E-state index >= 15 is 0 Å². The number of nitrogens with one attached hydrogen (secondary N) is 2. The van der Waals surface area contributed by atoms with Crippen LogP contribution >= 0.6 is 0 Å². The van der Waals surface area contributed by atoms with E-state index in [1.165, 1.54) is 0 Å². The lowest BCUT2D eigenvalue weighted by Crippen LogP contribution is -2.53. The average Bonchev–Trinajstić information content (AvgIpc) is 3.22. The van der Waals surface area contributed by atoms with Crippen molar-refractivity contribution in [3.63, 3.8) is 0 Å². The van der Waals surface area contributed by atoms with Crippen LogP contribution < -0.4 is 5.32 Å². The Bertz CT molecular complexity index is 456. The highest BCUT2D eigenvalue weighted by molar-refractivity contribution is 5.79. The number of ether oxygens (including phenoxy) is 2. The SMILES string of the molecule is CN=C(NCc1ccn[nH]1)N1CCOC(C2CCCO2)C1. The third-order valence-corrected chi connectivity index (χ3v) is 3.98. The van der Waals surface area contributed by atoms with E-state index in [0.717, 1.165) is 50.8 Å². The van der Waals surface area contributed by atoms with Crippen molar-refractivity contribution < 1.29 is 9.47 Å². The number of rotatable bonds is 3. The fourth-order valence-corrected chi connectivity index (χ4v) is 2.88. The molecule has 7 heteroatoms. The minimum atomic E-state index is 0.145. The molecule has 0 spiro atoms. The fourth-order valence-electron chi connectivity index (χ4n) is 2.88. The Labute approximate surface area is 124 Å². The second kappa shape index (κ2) is 6.91. The van der Waals surface area contributed by atoms with Gasteiger partial charge >= 0.3 is 0 Å². The van der Waals surface area contributed by atoms with E-state index < -0.39 is 0 Å². The molecule has 21 heavy (non-hydrogen) atoms. The van der Waals surface area contributed by atoms with Crippen molar-refractivity contribution in [3.8, 4) is 0 Å². The Kier molecular flexibility index (Phi) is 4.72. The van der Waals surface area contributed by atoms with Gasteiger partial charge in [-0.2, -0.15) is 5.10 Å². The van der Waals surface area contributed by atoms with Gasteiger partial charge in [0, 0.05) is 32.9 Å². The Hall–Kier alpha value is -1.60. The largest absolute Gasteiger partial charge is 0.375 e. The highest BCUT2D eigenvalue weighted by Gasteiger charge is 2.32. The van der Waals surface area contributed by atoms with Crippen molar-refractivity contribution in [1.82, 2.24) is 20.4 Å². The van der Waals surface area contributed by atoms with Crippen LogP contribution in [0, 0.1) is 0 Å². The molecule has 3 heterocycles. The van der Waals surface area contributed by atoms with Gasteiger partial charge in [0.1, 0.15) is 6.10 Å². The summed E-state index contributed by atoms with van der Waals surface area (Å²) in [5, 5.41) is 10.3. The molecule has 0 aliphatic carbocycles. The molecule has 116 valence electrons. The number of guanidine groups is 1. The molecule has 0 aromatic carbocycles. The van der Waals surface area contributed by atoms with Crippen LogP contribution in [0.1, 0.15) is 18.5 Å². The number of hydrogen-bond donors (Lipinski definition) is 2. The number of hydrogen-bond acceptors (Lipinski definition) is 4. The Morgan fingerprint density at radius 2 is 2.38 bits per heavy atom. The molecule has 1 aromatic heterocycles. The molecular formula is C14H23N5O2. The number of morpholine rings is 1. The molecule has 2 fully saturated rings. The zero-order valence-corrected chi connectivity index (χ0v) is 12.4. The first-order valence-electron chi connectivity index (χ1n) is 7.54. The summed E-state index contributed by atoms with van der Waals surface area (Å²) < 4.78 is 11.6. The number of aliphatic imine (C=N–C) groups is 1. The number of H-pyrrole nitrogens is 1. The first-order chi connectivity index (χ1) is 10.4. The average molecular weight is 293 g/mol. The summed E-state index contributed by atoms with van der Waals surface area (Å²) in [6.45, 7) is 3.94. The molecule has 0 radical (unpaired) electrons. The summed E-state index contributed by atoms with van der Waals surface area (Å²) in [5.41, 5.74) is 1.04. The van der Waals surface area contributed by atoms with E-state index in [2.05, 4.69) is 25.4 Å². The van der Waals surface area contributed by atoms with E-state index in [1.807, 2.05) is 13.1 Å². The summed E-state index contributed by atoms with van der Waals surface area (Å²) in [4.78, 5) is 6.62. The zero-order chi connectivity index (χ0) is 14.5. The third-order valence-electron chi connectivity index (χ3n) is 3.98. The van der Waals surface area contributed by atoms with Crippen molar-refractivity contribution in [2.75, 3.05) is 33.4 Å². The molecule has 2 atom stereocenters. The van der Waals surface area contributed by atoms with Crippen LogP contribution in [-0.2, 0) is 16.0 Å². The van der Waals surface area contributed by atoms with Gasteiger partial charge in [-0.25, -0.2) is 0 Å². The second-order valence-electron chi connectivity index (χ2n) is 5.39. The number of nitrogens with zero attached hydrogens (tertiary/aromatic N) is 3. The van der Waals surface area contributed by atoms with Gasteiger partial charge in [-0.15, -0.1) is 0 Å². The molecule has 1 aromatic rings.